The lowest BCUT2D eigenvalue weighted by molar-refractivity contribution is 0.00755. The summed E-state index contributed by atoms with van der Waals surface area (Å²) in [6.07, 6.45) is 5.78. The molecule has 5 nitrogen and oxygen atoms in total. The van der Waals surface area contributed by atoms with Crippen molar-refractivity contribution < 1.29 is 18.5 Å². The largest absolute Gasteiger partial charge is 0.388 e. The standard InChI is InChI=1S/C15H21FN2O3S/c1-22(21)13-6-5-11(9-12(13)16)18-14(19)17-10-15(20)7-3-2-4-8-15/h5-6,9,20H,2-4,7-8,10H2,1H3,(H2,17,18,19). The molecule has 0 bridgehead atoms. The minimum absolute atomic E-state index is 0.0995. The monoisotopic (exact) mass is 328 g/mol. The quantitative estimate of drug-likeness (QED) is 0.794. The van der Waals surface area contributed by atoms with Gasteiger partial charge < -0.3 is 15.7 Å². The topological polar surface area (TPSA) is 78.4 Å². The number of anilines is 1. The van der Waals surface area contributed by atoms with E-state index in [-0.39, 0.29) is 17.1 Å². The van der Waals surface area contributed by atoms with Crippen molar-refractivity contribution in [3.8, 4) is 0 Å². The molecule has 2 amide bonds. The van der Waals surface area contributed by atoms with E-state index in [4.69, 9.17) is 0 Å². The fourth-order valence-corrected chi connectivity index (χ4v) is 3.21. The zero-order valence-electron chi connectivity index (χ0n) is 12.5. The van der Waals surface area contributed by atoms with E-state index in [0.717, 1.165) is 25.3 Å². The Labute approximate surface area is 131 Å². The van der Waals surface area contributed by atoms with Crippen LogP contribution >= 0.6 is 0 Å². The second kappa shape index (κ2) is 7.19. The third kappa shape index (κ3) is 4.51. The molecule has 1 saturated carbocycles. The predicted octanol–water partition coefficient (Wildman–Crippen LogP) is 2.38. The van der Waals surface area contributed by atoms with Crippen LogP contribution in [0.25, 0.3) is 0 Å². The van der Waals surface area contributed by atoms with E-state index in [2.05, 4.69) is 10.6 Å². The summed E-state index contributed by atoms with van der Waals surface area (Å²) in [5, 5.41) is 15.4. The maximum Gasteiger partial charge on any atom is 0.319 e. The van der Waals surface area contributed by atoms with Gasteiger partial charge in [0.15, 0.2) is 0 Å². The van der Waals surface area contributed by atoms with E-state index in [1.165, 1.54) is 18.4 Å². The van der Waals surface area contributed by atoms with Crippen LogP contribution in [-0.2, 0) is 10.8 Å². The summed E-state index contributed by atoms with van der Waals surface area (Å²) in [5.41, 5.74) is -0.566. The molecule has 22 heavy (non-hydrogen) atoms. The van der Waals surface area contributed by atoms with E-state index in [1.54, 1.807) is 0 Å². The molecule has 1 aliphatic carbocycles. The van der Waals surface area contributed by atoms with Gasteiger partial charge in [-0.2, -0.15) is 0 Å². The first-order valence-corrected chi connectivity index (χ1v) is 8.86. The van der Waals surface area contributed by atoms with Crippen LogP contribution in [0.2, 0.25) is 0 Å². The average molecular weight is 328 g/mol. The van der Waals surface area contributed by atoms with Crippen LogP contribution in [0.4, 0.5) is 14.9 Å². The molecule has 3 N–H and O–H groups in total. The number of carbonyl (C=O) groups excluding carboxylic acids is 1. The summed E-state index contributed by atoms with van der Waals surface area (Å²) in [5.74, 6) is -0.621. The van der Waals surface area contributed by atoms with Gasteiger partial charge in [-0.25, -0.2) is 9.18 Å². The van der Waals surface area contributed by atoms with E-state index in [0.29, 0.717) is 12.8 Å². The Kier molecular flexibility index (Phi) is 5.52. The summed E-state index contributed by atoms with van der Waals surface area (Å²) in [6, 6.07) is 3.51. The smallest absolute Gasteiger partial charge is 0.319 e. The van der Waals surface area contributed by atoms with Gasteiger partial charge in [0.05, 0.1) is 21.3 Å². The Hall–Kier alpha value is -1.47. The Balaban J connectivity index is 1.89. The third-order valence-electron chi connectivity index (χ3n) is 3.86. The van der Waals surface area contributed by atoms with Crippen LogP contribution in [0.5, 0.6) is 0 Å². The van der Waals surface area contributed by atoms with Gasteiger partial charge in [-0.1, -0.05) is 19.3 Å². The zero-order chi connectivity index (χ0) is 16.2. The van der Waals surface area contributed by atoms with E-state index in [1.807, 2.05) is 0 Å². The molecule has 0 saturated heterocycles. The van der Waals surface area contributed by atoms with Crippen LogP contribution < -0.4 is 10.6 Å². The van der Waals surface area contributed by atoms with Crippen LogP contribution in [0.15, 0.2) is 23.1 Å². The Bertz CT molecular complexity index is 574. The fraction of sp³-hybridized carbons (Fsp3) is 0.533. The minimum Gasteiger partial charge on any atom is -0.388 e. The van der Waals surface area contributed by atoms with Crippen molar-refractivity contribution in [3.63, 3.8) is 0 Å². The van der Waals surface area contributed by atoms with Crippen LogP contribution in [-0.4, -0.2) is 33.7 Å². The molecule has 0 spiro atoms. The molecule has 0 aliphatic heterocycles. The number of hydrogen-bond donors (Lipinski definition) is 3. The van der Waals surface area contributed by atoms with Crippen molar-refractivity contribution in [2.45, 2.75) is 42.6 Å². The van der Waals surface area contributed by atoms with Crippen LogP contribution in [0, 0.1) is 5.82 Å². The number of rotatable bonds is 4. The third-order valence-corrected chi connectivity index (χ3v) is 4.81. The molecule has 1 fully saturated rings. The molecule has 0 aromatic heterocycles. The molecule has 1 atom stereocenters. The summed E-state index contributed by atoms with van der Waals surface area (Å²) in [7, 11) is -1.41. The maximum atomic E-state index is 13.7. The number of urea groups is 1. The first kappa shape index (κ1) is 16.9. The van der Waals surface area contributed by atoms with Gasteiger partial charge >= 0.3 is 6.03 Å². The number of halogens is 1. The molecule has 1 unspecified atom stereocenters. The normalized spacial score (nSPS) is 18.5. The summed E-state index contributed by atoms with van der Waals surface area (Å²) in [4.78, 5) is 11.9. The summed E-state index contributed by atoms with van der Waals surface area (Å²) in [6.45, 7) is 0.179. The van der Waals surface area contributed by atoms with Crippen molar-refractivity contribution in [2.24, 2.45) is 0 Å². The van der Waals surface area contributed by atoms with E-state index in [9.17, 15) is 18.5 Å². The van der Waals surface area contributed by atoms with Crippen molar-refractivity contribution >= 4 is 22.5 Å². The summed E-state index contributed by atoms with van der Waals surface area (Å²) >= 11 is 0. The minimum atomic E-state index is -1.41. The summed E-state index contributed by atoms with van der Waals surface area (Å²) < 4.78 is 24.9. The first-order chi connectivity index (χ1) is 10.4. The van der Waals surface area contributed by atoms with E-state index < -0.39 is 28.2 Å². The zero-order valence-corrected chi connectivity index (χ0v) is 13.3. The molecule has 1 aromatic rings. The second-order valence-electron chi connectivity index (χ2n) is 5.69. The second-order valence-corrected chi connectivity index (χ2v) is 7.04. The van der Waals surface area contributed by atoms with Crippen molar-refractivity contribution in [1.29, 1.82) is 0 Å². The lowest BCUT2D eigenvalue weighted by Gasteiger charge is -2.32. The number of amides is 2. The highest BCUT2D eigenvalue weighted by molar-refractivity contribution is 7.84. The molecule has 7 heteroatoms. The van der Waals surface area contributed by atoms with Crippen molar-refractivity contribution in [2.75, 3.05) is 18.1 Å². The molecular weight excluding hydrogens is 307 g/mol. The van der Waals surface area contributed by atoms with Gasteiger partial charge in [-0.3, -0.25) is 4.21 Å². The number of carbonyl (C=O) groups is 1. The lowest BCUT2D eigenvalue weighted by Crippen LogP contribution is -2.45. The lowest BCUT2D eigenvalue weighted by atomic mass is 9.85. The number of nitrogens with one attached hydrogen (secondary N) is 2. The van der Waals surface area contributed by atoms with Gasteiger partial charge in [0.2, 0.25) is 0 Å². The van der Waals surface area contributed by atoms with Gasteiger partial charge in [0.1, 0.15) is 5.82 Å². The average Bonchev–Trinajstić information content (AvgIpc) is 2.46. The van der Waals surface area contributed by atoms with Crippen LogP contribution in [0.1, 0.15) is 32.1 Å². The molecule has 1 aromatic carbocycles. The number of benzene rings is 1. The van der Waals surface area contributed by atoms with Gasteiger partial charge in [-0.05, 0) is 31.0 Å². The Morgan fingerprint density at radius 2 is 2.05 bits per heavy atom. The molecule has 122 valence electrons. The Morgan fingerprint density at radius 1 is 1.36 bits per heavy atom. The van der Waals surface area contributed by atoms with Crippen molar-refractivity contribution in [1.82, 2.24) is 5.32 Å². The van der Waals surface area contributed by atoms with E-state index >= 15 is 0 Å². The van der Waals surface area contributed by atoms with Crippen molar-refractivity contribution in [3.05, 3.63) is 24.0 Å². The SMILES string of the molecule is CS(=O)c1ccc(NC(=O)NCC2(O)CCCCC2)cc1F. The molecule has 1 aliphatic rings. The molecular formula is C15H21FN2O3S. The van der Waals surface area contributed by atoms with Gasteiger partial charge in [0, 0.05) is 18.5 Å². The van der Waals surface area contributed by atoms with Crippen LogP contribution in [0.3, 0.4) is 0 Å². The highest BCUT2D eigenvalue weighted by Gasteiger charge is 2.29. The predicted molar refractivity (Wildman–Crippen MR) is 83.8 cm³/mol. The fourth-order valence-electron chi connectivity index (χ4n) is 2.62. The highest BCUT2D eigenvalue weighted by Crippen LogP contribution is 2.27. The number of hydrogen-bond acceptors (Lipinski definition) is 3. The highest BCUT2D eigenvalue weighted by atomic mass is 32.2. The molecule has 2 rings (SSSR count). The van der Waals surface area contributed by atoms with Gasteiger partial charge in [-0.15, -0.1) is 0 Å². The number of aliphatic hydroxyl groups is 1. The molecule has 0 heterocycles. The Morgan fingerprint density at radius 3 is 2.64 bits per heavy atom. The van der Waals surface area contributed by atoms with Gasteiger partial charge in [0.25, 0.3) is 0 Å². The maximum absolute atomic E-state index is 13.7. The molecule has 0 radical (unpaired) electrons. The first-order valence-electron chi connectivity index (χ1n) is 7.30.